The number of nitrogens with zero attached hydrogens (tertiary/aromatic N) is 2. The van der Waals surface area contributed by atoms with Crippen molar-refractivity contribution in [3.63, 3.8) is 0 Å². The van der Waals surface area contributed by atoms with Gasteiger partial charge in [0.2, 0.25) is 0 Å². The van der Waals surface area contributed by atoms with E-state index >= 15 is 0 Å². The maximum atomic E-state index is 13.2. The fourth-order valence-corrected chi connectivity index (χ4v) is 3.68. The molecule has 0 amide bonds. The van der Waals surface area contributed by atoms with E-state index in [2.05, 4.69) is 23.9 Å². The normalized spacial score (nSPS) is 17.1. The van der Waals surface area contributed by atoms with E-state index in [9.17, 15) is 9.50 Å². The van der Waals surface area contributed by atoms with Crippen LogP contribution in [0.15, 0.2) is 53.7 Å². The first-order chi connectivity index (χ1) is 14.9. The minimum Gasteiger partial charge on any atom is -0.390 e. The molecule has 0 saturated carbocycles. The molecule has 2 aromatic rings. The number of rotatable bonds is 11. The van der Waals surface area contributed by atoms with Crippen LogP contribution >= 0.6 is 11.6 Å². The molecule has 0 aromatic heterocycles. The molecule has 0 fully saturated rings. The van der Waals surface area contributed by atoms with Crippen LogP contribution in [-0.4, -0.2) is 54.2 Å². The Labute approximate surface area is 188 Å². The lowest BCUT2D eigenvalue weighted by molar-refractivity contribution is -0.00734. The molecule has 1 N–H and O–H groups in total. The predicted molar refractivity (Wildman–Crippen MR) is 121 cm³/mol. The lowest BCUT2D eigenvalue weighted by Gasteiger charge is -2.27. The predicted octanol–water partition coefficient (Wildman–Crippen LogP) is 4.51. The van der Waals surface area contributed by atoms with Crippen LogP contribution in [0.1, 0.15) is 31.4 Å². The molecule has 0 aliphatic carbocycles. The van der Waals surface area contributed by atoms with Crippen molar-refractivity contribution in [2.24, 2.45) is 11.1 Å². The molecule has 0 radical (unpaired) electrons. The summed E-state index contributed by atoms with van der Waals surface area (Å²) in [5.41, 5.74) is 2.63. The third kappa shape index (κ3) is 7.58. The van der Waals surface area contributed by atoms with Gasteiger partial charge in [0.15, 0.2) is 0 Å². The summed E-state index contributed by atoms with van der Waals surface area (Å²) in [6.07, 6.45) is -0.170. The summed E-state index contributed by atoms with van der Waals surface area (Å²) in [4.78, 5) is 7.76. The maximum Gasteiger partial charge on any atom is 0.145 e. The molecule has 0 spiro atoms. The van der Waals surface area contributed by atoms with Crippen LogP contribution in [0.25, 0.3) is 0 Å². The molecule has 31 heavy (non-hydrogen) atoms. The van der Waals surface area contributed by atoms with Gasteiger partial charge in [0.1, 0.15) is 11.9 Å². The van der Waals surface area contributed by atoms with Crippen LogP contribution in [0.4, 0.5) is 4.39 Å². The summed E-state index contributed by atoms with van der Waals surface area (Å²) in [5, 5.41) is 15.4. The topological polar surface area (TPSA) is 54.3 Å². The Kier molecular flexibility index (Phi) is 8.84. The van der Waals surface area contributed by atoms with Crippen LogP contribution in [-0.2, 0) is 16.1 Å². The number of ether oxygens (including phenoxy) is 1. The Morgan fingerprint density at radius 3 is 2.65 bits per heavy atom. The van der Waals surface area contributed by atoms with Crippen molar-refractivity contribution in [1.82, 2.24) is 4.90 Å². The zero-order chi connectivity index (χ0) is 22.2. The van der Waals surface area contributed by atoms with E-state index in [4.69, 9.17) is 21.2 Å². The smallest absolute Gasteiger partial charge is 0.145 e. The van der Waals surface area contributed by atoms with Gasteiger partial charge in [-0.2, -0.15) is 0 Å². The molecular weight excluding hydrogens is 419 g/mol. The van der Waals surface area contributed by atoms with Gasteiger partial charge in [0.05, 0.1) is 18.4 Å². The zero-order valence-electron chi connectivity index (χ0n) is 18.0. The second kappa shape index (κ2) is 11.6. The molecule has 2 aromatic carbocycles. The van der Waals surface area contributed by atoms with Crippen LogP contribution in [0.3, 0.4) is 0 Å². The van der Waals surface area contributed by atoms with Crippen LogP contribution in [0.5, 0.6) is 0 Å². The summed E-state index contributed by atoms with van der Waals surface area (Å²) in [6.45, 7) is 6.61. The fraction of sp³-hybridized carbons (Fsp3) is 0.458. The molecule has 1 heterocycles. The van der Waals surface area contributed by atoms with Crippen molar-refractivity contribution >= 4 is 17.3 Å². The monoisotopic (exact) mass is 448 g/mol. The Hall–Kier alpha value is -1.99. The largest absolute Gasteiger partial charge is 0.390 e. The van der Waals surface area contributed by atoms with Gasteiger partial charge in [-0.05, 0) is 35.2 Å². The third-order valence-corrected chi connectivity index (χ3v) is 5.32. The number of benzene rings is 2. The number of oxime groups is 1. The highest BCUT2D eigenvalue weighted by atomic mass is 35.5. The fourth-order valence-electron chi connectivity index (χ4n) is 3.49. The van der Waals surface area contributed by atoms with Crippen LogP contribution < -0.4 is 0 Å². The van der Waals surface area contributed by atoms with E-state index in [-0.39, 0.29) is 18.5 Å². The van der Waals surface area contributed by atoms with E-state index in [1.165, 1.54) is 12.1 Å². The SMILES string of the molecule is CC(C)COC[C@H](O)CN(Cc1ccccc1Cl)C[C@H]1CC(c2ccc(F)cc2)=NO1. The Morgan fingerprint density at radius 1 is 1.19 bits per heavy atom. The lowest BCUT2D eigenvalue weighted by Crippen LogP contribution is -2.39. The number of hydrogen-bond donors (Lipinski definition) is 1. The average molecular weight is 449 g/mol. The van der Waals surface area contributed by atoms with E-state index in [1.54, 1.807) is 12.1 Å². The Bertz CT molecular complexity index is 860. The van der Waals surface area contributed by atoms with Crippen LogP contribution in [0.2, 0.25) is 5.02 Å². The average Bonchev–Trinajstić information content (AvgIpc) is 3.18. The first-order valence-electron chi connectivity index (χ1n) is 10.6. The second-order valence-electron chi connectivity index (χ2n) is 8.35. The van der Waals surface area contributed by atoms with Gasteiger partial charge in [-0.15, -0.1) is 0 Å². The first kappa shape index (κ1) is 23.7. The van der Waals surface area contributed by atoms with Gasteiger partial charge in [0.25, 0.3) is 0 Å². The van der Waals surface area contributed by atoms with E-state index in [0.29, 0.717) is 43.6 Å². The number of aliphatic hydroxyl groups is 1. The molecule has 0 unspecified atom stereocenters. The second-order valence-corrected chi connectivity index (χ2v) is 8.75. The standard InChI is InChI=1S/C24H30ClFN2O3/c1-17(2)15-30-16-21(29)13-28(12-19-5-3-4-6-23(19)25)14-22-11-24(27-31-22)18-7-9-20(26)10-8-18/h3-10,17,21-22,29H,11-16H2,1-2H3/t21-,22-/m1/s1. The molecule has 0 bridgehead atoms. The van der Waals surface area contributed by atoms with Gasteiger partial charge in [-0.1, -0.05) is 60.9 Å². The molecule has 7 heteroatoms. The molecule has 3 rings (SSSR count). The number of halogens is 2. The Morgan fingerprint density at radius 2 is 1.94 bits per heavy atom. The van der Waals surface area contributed by atoms with Crippen molar-refractivity contribution in [2.75, 3.05) is 26.3 Å². The minimum absolute atomic E-state index is 0.161. The van der Waals surface area contributed by atoms with Crippen molar-refractivity contribution in [3.8, 4) is 0 Å². The van der Waals surface area contributed by atoms with Crippen molar-refractivity contribution in [2.45, 2.75) is 39.0 Å². The summed E-state index contributed by atoms with van der Waals surface area (Å²) in [5.74, 6) is 0.139. The molecule has 1 aliphatic rings. The maximum absolute atomic E-state index is 13.2. The van der Waals surface area contributed by atoms with Crippen molar-refractivity contribution < 1.29 is 19.1 Å². The van der Waals surface area contributed by atoms with Crippen LogP contribution in [0, 0.1) is 11.7 Å². The highest BCUT2D eigenvalue weighted by Crippen LogP contribution is 2.21. The summed E-state index contributed by atoms with van der Waals surface area (Å²) in [7, 11) is 0. The quantitative estimate of drug-likeness (QED) is 0.549. The van der Waals surface area contributed by atoms with Gasteiger partial charge in [0, 0.05) is 37.7 Å². The molecule has 168 valence electrons. The lowest BCUT2D eigenvalue weighted by atomic mass is 10.0. The summed E-state index contributed by atoms with van der Waals surface area (Å²) < 4.78 is 18.8. The highest BCUT2D eigenvalue weighted by Gasteiger charge is 2.26. The van der Waals surface area contributed by atoms with Gasteiger partial charge >= 0.3 is 0 Å². The van der Waals surface area contributed by atoms with Crippen molar-refractivity contribution in [1.29, 1.82) is 0 Å². The van der Waals surface area contributed by atoms with Gasteiger partial charge < -0.3 is 14.7 Å². The molecule has 0 saturated heterocycles. The number of hydrogen-bond acceptors (Lipinski definition) is 5. The Balaban J connectivity index is 1.61. The third-order valence-electron chi connectivity index (χ3n) is 4.95. The van der Waals surface area contributed by atoms with Gasteiger partial charge in [-0.25, -0.2) is 4.39 Å². The van der Waals surface area contributed by atoms with Gasteiger partial charge in [-0.3, -0.25) is 4.90 Å². The van der Waals surface area contributed by atoms with Crippen molar-refractivity contribution in [3.05, 3.63) is 70.5 Å². The molecule has 1 aliphatic heterocycles. The van der Waals surface area contributed by atoms with E-state index < -0.39 is 6.10 Å². The van der Waals surface area contributed by atoms with E-state index in [1.807, 2.05) is 24.3 Å². The van der Waals surface area contributed by atoms with E-state index in [0.717, 1.165) is 16.8 Å². The first-order valence-corrected chi connectivity index (χ1v) is 11.0. The minimum atomic E-state index is -0.625. The summed E-state index contributed by atoms with van der Waals surface area (Å²) in [6, 6.07) is 13.9. The highest BCUT2D eigenvalue weighted by molar-refractivity contribution is 6.31. The summed E-state index contributed by atoms with van der Waals surface area (Å²) >= 11 is 6.36. The molecular formula is C24H30ClFN2O3. The zero-order valence-corrected chi connectivity index (χ0v) is 18.8. The molecule has 2 atom stereocenters. The number of aliphatic hydroxyl groups excluding tert-OH is 1. The molecule has 5 nitrogen and oxygen atoms in total.